The van der Waals surface area contributed by atoms with Gasteiger partial charge in [-0.3, -0.25) is 4.98 Å². The minimum atomic E-state index is 0.291. The Morgan fingerprint density at radius 3 is 2.75 bits per heavy atom. The minimum absolute atomic E-state index is 0.291. The lowest BCUT2D eigenvalue weighted by atomic mass is 10.1. The van der Waals surface area contributed by atoms with Gasteiger partial charge in [0.1, 0.15) is 0 Å². The summed E-state index contributed by atoms with van der Waals surface area (Å²) in [6.07, 6.45) is 4.86. The van der Waals surface area contributed by atoms with Gasteiger partial charge in [0.25, 0.3) is 0 Å². The highest BCUT2D eigenvalue weighted by Gasteiger charge is 1.92. The number of aromatic nitrogens is 1. The second-order valence-corrected chi connectivity index (χ2v) is 2.99. The lowest BCUT2D eigenvalue weighted by molar-refractivity contribution is 0.284. The van der Waals surface area contributed by atoms with E-state index in [-0.39, 0.29) is 0 Å². The zero-order valence-corrected chi connectivity index (χ0v) is 7.45. The van der Waals surface area contributed by atoms with Gasteiger partial charge in [-0.15, -0.1) is 0 Å². The van der Waals surface area contributed by atoms with E-state index in [0.717, 1.165) is 25.0 Å². The predicted molar refractivity (Wildman–Crippen MR) is 49.0 cm³/mol. The third-order valence-electron chi connectivity index (χ3n) is 1.85. The van der Waals surface area contributed by atoms with Crippen molar-refractivity contribution in [2.75, 3.05) is 6.61 Å². The van der Waals surface area contributed by atoms with Crippen LogP contribution >= 0.6 is 0 Å². The van der Waals surface area contributed by atoms with Crippen LogP contribution in [0.25, 0.3) is 0 Å². The van der Waals surface area contributed by atoms with Crippen LogP contribution in [0.3, 0.4) is 0 Å². The van der Waals surface area contributed by atoms with Gasteiger partial charge in [0.2, 0.25) is 0 Å². The van der Waals surface area contributed by atoms with Crippen LogP contribution < -0.4 is 0 Å². The smallest absolute Gasteiger partial charge is 0.0431 e. The van der Waals surface area contributed by atoms with Crippen LogP contribution in [0, 0.1) is 6.92 Å². The zero-order chi connectivity index (χ0) is 8.81. The topological polar surface area (TPSA) is 33.1 Å². The summed E-state index contributed by atoms with van der Waals surface area (Å²) in [7, 11) is 0. The average molecular weight is 165 g/mol. The Kier molecular flexibility index (Phi) is 3.74. The number of aryl methyl sites for hydroxylation is 2. The molecule has 0 fully saturated rings. The first-order valence-electron chi connectivity index (χ1n) is 4.35. The maximum atomic E-state index is 8.57. The molecule has 0 amide bonds. The number of hydrogen-bond acceptors (Lipinski definition) is 2. The van der Waals surface area contributed by atoms with Crippen LogP contribution in [0.5, 0.6) is 0 Å². The van der Waals surface area contributed by atoms with Crippen molar-refractivity contribution in [2.24, 2.45) is 0 Å². The summed E-state index contributed by atoms with van der Waals surface area (Å²) < 4.78 is 0. The normalized spacial score (nSPS) is 10.2. The molecular formula is C10H15NO. The van der Waals surface area contributed by atoms with Crippen LogP contribution in [0.15, 0.2) is 18.3 Å². The van der Waals surface area contributed by atoms with E-state index in [0.29, 0.717) is 6.61 Å². The number of unbranched alkanes of at least 4 members (excludes halogenated alkanes) is 1. The maximum Gasteiger partial charge on any atom is 0.0431 e. The first-order chi connectivity index (χ1) is 5.83. The van der Waals surface area contributed by atoms with Crippen LogP contribution in [-0.4, -0.2) is 16.7 Å². The van der Waals surface area contributed by atoms with E-state index < -0.39 is 0 Å². The number of nitrogens with zero attached hydrogens (tertiary/aromatic N) is 1. The van der Waals surface area contributed by atoms with Crippen molar-refractivity contribution >= 4 is 0 Å². The van der Waals surface area contributed by atoms with Crippen molar-refractivity contribution in [3.63, 3.8) is 0 Å². The standard InChI is InChI=1S/C10H15NO/c1-9-5-6-10(8-11-9)4-2-3-7-12/h5-6,8,12H,2-4,7H2,1H3. The zero-order valence-electron chi connectivity index (χ0n) is 7.45. The Balaban J connectivity index is 2.37. The molecule has 12 heavy (non-hydrogen) atoms. The SMILES string of the molecule is Cc1ccc(CCCCO)cn1. The fourth-order valence-electron chi connectivity index (χ4n) is 1.09. The van der Waals surface area contributed by atoms with E-state index in [9.17, 15) is 0 Å². The van der Waals surface area contributed by atoms with Gasteiger partial charge in [0.05, 0.1) is 0 Å². The van der Waals surface area contributed by atoms with Crippen molar-refractivity contribution in [2.45, 2.75) is 26.2 Å². The summed E-state index contributed by atoms with van der Waals surface area (Å²) in [5.74, 6) is 0. The molecule has 0 aromatic carbocycles. The van der Waals surface area contributed by atoms with E-state index in [1.807, 2.05) is 19.2 Å². The van der Waals surface area contributed by atoms with E-state index in [1.165, 1.54) is 5.56 Å². The lowest BCUT2D eigenvalue weighted by Crippen LogP contribution is -1.90. The van der Waals surface area contributed by atoms with Gasteiger partial charge in [0, 0.05) is 18.5 Å². The average Bonchev–Trinajstić information content (AvgIpc) is 2.09. The van der Waals surface area contributed by atoms with Gasteiger partial charge >= 0.3 is 0 Å². The molecule has 0 spiro atoms. The molecule has 0 bridgehead atoms. The van der Waals surface area contributed by atoms with Crippen molar-refractivity contribution in [3.05, 3.63) is 29.6 Å². The highest BCUT2D eigenvalue weighted by Crippen LogP contribution is 2.03. The molecule has 1 aromatic heterocycles. The van der Waals surface area contributed by atoms with Crippen molar-refractivity contribution in [1.82, 2.24) is 4.98 Å². The van der Waals surface area contributed by atoms with E-state index >= 15 is 0 Å². The molecule has 1 N–H and O–H groups in total. The first-order valence-corrected chi connectivity index (χ1v) is 4.35. The van der Waals surface area contributed by atoms with Gasteiger partial charge in [-0.1, -0.05) is 6.07 Å². The van der Waals surface area contributed by atoms with Gasteiger partial charge in [-0.05, 0) is 37.8 Å². The molecule has 2 heteroatoms. The van der Waals surface area contributed by atoms with E-state index in [2.05, 4.69) is 11.1 Å². The van der Waals surface area contributed by atoms with Gasteiger partial charge < -0.3 is 5.11 Å². The highest BCUT2D eigenvalue weighted by atomic mass is 16.2. The molecular weight excluding hydrogens is 150 g/mol. The first kappa shape index (κ1) is 9.20. The number of aliphatic hydroxyl groups excluding tert-OH is 1. The summed E-state index contributed by atoms with van der Waals surface area (Å²) in [6, 6.07) is 4.12. The Morgan fingerprint density at radius 1 is 1.33 bits per heavy atom. The van der Waals surface area contributed by atoms with E-state index in [4.69, 9.17) is 5.11 Å². The molecule has 0 radical (unpaired) electrons. The van der Waals surface area contributed by atoms with Crippen molar-refractivity contribution < 1.29 is 5.11 Å². The van der Waals surface area contributed by atoms with Gasteiger partial charge in [-0.25, -0.2) is 0 Å². The molecule has 0 aliphatic rings. The third kappa shape index (κ3) is 3.01. The molecule has 1 heterocycles. The van der Waals surface area contributed by atoms with Crippen LogP contribution in [0.1, 0.15) is 24.1 Å². The second-order valence-electron chi connectivity index (χ2n) is 2.99. The van der Waals surface area contributed by atoms with Crippen LogP contribution in [0.4, 0.5) is 0 Å². The largest absolute Gasteiger partial charge is 0.396 e. The Labute approximate surface area is 73.3 Å². The fraction of sp³-hybridized carbons (Fsp3) is 0.500. The minimum Gasteiger partial charge on any atom is -0.396 e. The second kappa shape index (κ2) is 4.88. The molecule has 1 rings (SSSR count). The molecule has 0 saturated heterocycles. The number of hydrogen-bond donors (Lipinski definition) is 1. The maximum absolute atomic E-state index is 8.57. The number of aliphatic hydroxyl groups is 1. The molecule has 1 aromatic rings. The summed E-state index contributed by atoms with van der Waals surface area (Å²) in [6.45, 7) is 2.27. The molecule has 0 aliphatic heterocycles. The number of pyridine rings is 1. The lowest BCUT2D eigenvalue weighted by Gasteiger charge is -1.99. The molecule has 2 nitrogen and oxygen atoms in total. The molecule has 0 aliphatic carbocycles. The monoisotopic (exact) mass is 165 g/mol. The molecule has 0 saturated carbocycles. The Hall–Kier alpha value is -0.890. The Morgan fingerprint density at radius 2 is 2.17 bits per heavy atom. The van der Waals surface area contributed by atoms with Crippen molar-refractivity contribution in [3.8, 4) is 0 Å². The van der Waals surface area contributed by atoms with Crippen LogP contribution in [0.2, 0.25) is 0 Å². The summed E-state index contributed by atoms with van der Waals surface area (Å²) in [4.78, 5) is 4.20. The number of rotatable bonds is 4. The van der Waals surface area contributed by atoms with Gasteiger partial charge in [0.15, 0.2) is 0 Å². The third-order valence-corrected chi connectivity index (χ3v) is 1.85. The summed E-state index contributed by atoms with van der Waals surface area (Å²) in [5, 5.41) is 8.57. The summed E-state index contributed by atoms with van der Waals surface area (Å²) >= 11 is 0. The van der Waals surface area contributed by atoms with E-state index in [1.54, 1.807) is 0 Å². The quantitative estimate of drug-likeness (QED) is 0.689. The fourth-order valence-corrected chi connectivity index (χ4v) is 1.09. The van der Waals surface area contributed by atoms with Gasteiger partial charge in [-0.2, -0.15) is 0 Å². The Bertz CT molecular complexity index is 218. The van der Waals surface area contributed by atoms with Crippen LogP contribution in [-0.2, 0) is 6.42 Å². The summed E-state index contributed by atoms with van der Waals surface area (Å²) in [5.41, 5.74) is 2.31. The predicted octanol–water partition coefficient (Wildman–Crippen LogP) is 1.71. The molecule has 66 valence electrons. The molecule has 0 atom stereocenters. The highest BCUT2D eigenvalue weighted by molar-refractivity contribution is 5.12. The van der Waals surface area contributed by atoms with Crippen molar-refractivity contribution in [1.29, 1.82) is 0 Å². The molecule has 0 unspecified atom stereocenters.